The highest BCUT2D eigenvalue weighted by Crippen LogP contribution is 2.40. The Morgan fingerprint density at radius 3 is 2.67 bits per heavy atom. The molecule has 1 aliphatic carbocycles. The second kappa shape index (κ2) is 7.68. The van der Waals surface area contributed by atoms with Crippen molar-refractivity contribution in [1.82, 2.24) is 9.78 Å². The molecule has 1 unspecified atom stereocenters. The largest absolute Gasteiger partial charge is 0.461 e. The number of carbonyl (C=O) groups is 3. The van der Waals surface area contributed by atoms with Crippen LogP contribution in [0.2, 0.25) is 0 Å². The maximum Gasteiger partial charge on any atom is 0.297 e. The summed E-state index contributed by atoms with van der Waals surface area (Å²) in [7, 11) is 1.73. The molecule has 3 heterocycles. The standard InChI is InChI=1S/C22H23N3O4S/c1-11-7-8-14-16(10-11)30-22(18(14)19(26)15-6-5-9-29-15)23-21(28)20(27)17-12(2)24-25(4)13(17)3/h5-6,9,11H,7-8,10H2,1-4H3,(H,23,28). The second-order valence-electron chi connectivity index (χ2n) is 7.81. The summed E-state index contributed by atoms with van der Waals surface area (Å²) in [6.07, 6.45) is 4.04. The Labute approximate surface area is 178 Å². The summed E-state index contributed by atoms with van der Waals surface area (Å²) in [6.45, 7) is 5.62. The fourth-order valence-electron chi connectivity index (χ4n) is 3.99. The molecule has 7 nitrogen and oxygen atoms in total. The minimum absolute atomic E-state index is 0.218. The molecule has 0 aromatic carbocycles. The van der Waals surface area contributed by atoms with Crippen LogP contribution in [0.15, 0.2) is 22.8 Å². The molecule has 1 aliphatic rings. The van der Waals surface area contributed by atoms with Gasteiger partial charge in [-0.3, -0.25) is 19.1 Å². The Morgan fingerprint density at radius 2 is 2.03 bits per heavy atom. The molecule has 3 aromatic rings. The topological polar surface area (TPSA) is 94.2 Å². The monoisotopic (exact) mass is 425 g/mol. The van der Waals surface area contributed by atoms with Gasteiger partial charge >= 0.3 is 0 Å². The van der Waals surface area contributed by atoms with Gasteiger partial charge in [-0.1, -0.05) is 6.92 Å². The van der Waals surface area contributed by atoms with Crippen molar-refractivity contribution in [3.63, 3.8) is 0 Å². The van der Waals surface area contributed by atoms with Crippen molar-refractivity contribution < 1.29 is 18.8 Å². The molecule has 0 saturated carbocycles. The summed E-state index contributed by atoms with van der Waals surface area (Å²) in [6, 6.07) is 3.26. The highest BCUT2D eigenvalue weighted by atomic mass is 32.1. The molecule has 3 aromatic heterocycles. The number of nitrogens with one attached hydrogen (secondary N) is 1. The van der Waals surface area contributed by atoms with Crippen molar-refractivity contribution in [2.75, 3.05) is 5.32 Å². The van der Waals surface area contributed by atoms with Crippen molar-refractivity contribution in [2.45, 2.75) is 40.0 Å². The maximum absolute atomic E-state index is 13.1. The van der Waals surface area contributed by atoms with Crippen LogP contribution in [-0.4, -0.2) is 27.3 Å². The second-order valence-corrected chi connectivity index (χ2v) is 8.92. The molecule has 8 heteroatoms. The molecule has 1 atom stereocenters. The van der Waals surface area contributed by atoms with Crippen LogP contribution in [0.4, 0.5) is 5.00 Å². The number of thiophene rings is 1. The van der Waals surface area contributed by atoms with Gasteiger partial charge in [-0.15, -0.1) is 11.3 Å². The minimum Gasteiger partial charge on any atom is -0.461 e. The number of nitrogens with zero attached hydrogens (tertiary/aromatic N) is 2. The van der Waals surface area contributed by atoms with Crippen LogP contribution < -0.4 is 5.32 Å². The molecule has 0 bridgehead atoms. The molecule has 0 fully saturated rings. The van der Waals surface area contributed by atoms with E-state index in [4.69, 9.17) is 4.42 Å². The van der Waals surface area contributed by atoms with Crippen LogP contribution in [-0.2, 0) is 24.7 Å². The third-order valence-electron chi connectivity index (χ3n) is 5.65. The predicted octanol–water partition coefficient (Wildman–Crippen LogP) is 3.87. The smallest absolute Gasteiger partial charge is 0.297 e. The Hall–Kier alpha value is -3.00. The van der Waals surface area contributed by atoms with E-state index in [2.05, 4.69) is 17.3 Å². The fourth-order valence-corrected chi connectivity index (χ4v) is 5.39. The van der Waals surface area contributed by atoms with Gasteiger partial charge in [0, 0.05) is 17.6 Å². The average Bonchev–Trinajstić information content (AvgIpc) is 3.39. The first-order chi connectivity index (χ1) is 14.3. The number of amides is 1. The summed E-state index contributed by atoms with van der Waals surface area (Å²) in [5.41, 5.74) is 2.82. The number of Topliss-reactive ketones (excluding diaryl/α,β-unsaturated/α-hetero) is 1. The number of hydrogen-bond donors (Lipinski definition) is 1. The Morgan fingerprint density at radius 1 is 1.27 bits per heavy atom. The lowest BCUT2D eigenvalue weighted by Crippen LogP contribution is -2.24. The maximum atomic E-state index is 13.1. The first-order valence-electron chi connectivity index (χ1n) is 9.86. The number of fused-ring (bicyclic) bond motifs is 1. The fraction of sp³-hybridized carbons (Fsp3) is 0.364. The van der Waals surface area contributed by atoms with E-state index in [9.17, 15) is 14.4 Å². The molecule has 0 radical (unpaired) electrons. The molecular weight excluding hydrogens is 402 g/mol. The lowest BCUT2D eigenvalue weighted by atomic mass is 9.87. The Bertz CT molecular complexity index is 1150. The number of ketones is 2. The van der Waals surface area contributed by atoms with Gasteiger partial charge in [0.05, 0.1) is 23.1 Å². The Balaban J connectivity index is 1.71. The van der Waals surface area contributed by atoms with Gasteiger partial charge in [0.15, 0.2) is 5.76 Å². The minimum atomic E-state index is -0.769. The van der Waals surface area contributed by atoms with Crippen LogP contribution in [0.1, 0.15) is 61.6 Å². The molecule has 0 spiro atoms. The number of aryl methyl sites for hydroxylation is 2. The number of hydrogen-bond acceptors (Lipinski definition) is 6. The zero-order chi connectivity index (χ0) is 21.6. The zero-order valence-corrected chi connectivity index (χ0v) is 18.2. The highest BCUT2D eigenvalue weighted by Gasteiger charge is 2.31. The molecule has 0 saturated heterocycles. The number of furan rings is 1. The summed E-state index contributed by atoms with van der Waals surface area (Å²) in [5.74, 6) is -0.976. The highest BCUT2D eigenvalue weighted by molar-refractivity contribution is 7.17. The van der Waals surface area contributed by atoms with E-state index >= 15 is 0 Å². The summed E-state index contributed by atoms with van der Waals surface area (Å²) < 4.78 is 6.88. The summed E-state index contributed by atoms with van der Waals surface area (Å²) in [4.78, 5) is 39.9. The molecule has 156 valence electrons. The van der Waals surface area contributed by atoms with E-state index in [1.165, 1.54) is 17.6 Å². The summed E-state index contributed by atoms with van der Waals surface area (Å²) >= 11 is 1.38. The van der Waals surface area contributed by atoms with Crippen molar-refractivity contribution in [2.24, 2.45) is 13.0 Å². The van der Waals surface area contributed by atoms with E-state index in [1.807, 2.05) is 0 Å². The van der Waals surface area contributed by atoms with Gasteiger partial charge in [0.2, 0.25) is 5.78 Å². The van der Waals surface area contributed by atoms with E-state index in [0.29, 0.717) is 33.4 Å². The van der Waals surface area contributed by atoms with E-state index in [-0.39, 0.29) is 11.5 Å². The molecule has 4 rings (SSSR count). The van der Waals surface area contributed by atoms with Gasteiger partial charge in [-0.2, -0.15) is 5.10 Å². The van der Waals surface area contributed by atoms with Crippen LogP contribution in [0, 0.1) is 19.8 Å². The zero-order valence-electron chi connectivity index (χ0n) is 17.4. The van der Waals surface area contributed by atoms with E-state index < -0.39 is 11.7 Å². The average molecular weight is 426 g/mol. The van der Waals surface area contributed by atoms with Crippen molar-refractivity contribution in [3.8, 4) is 0 Å². The van der Waals surface area contributed by atoms with E-state index in [0.717, 1.165) is 29.7 Å². The first kappa shape index (κ1) is 20.3. The van der Waals surface area contributed by atoms with Crippen molar-refractivity contribution in [1.29, 1.82) is 0 Å². The first-order valence-corrected chi connectivity index (χ1v) is 10.7. The number of rotatable bonds is 5. The van der Waals surface area contributed by atoms with Gasteiger partial charge in [-0.05, 0) is 56.7 Å². The quantitative estimate of drug-likeness (QED) is 0.495. The molecule has 30 heavy (non-hydrogen) atoms. The SMILES string of the molecule is Cc1nn(C)c(C)c1C(=O)C(=O)Nc1sc2c(c1C(=O)c1ccco1)CCC(C)C2. The van der Waals surface area contributed by atoms with Crippen LogP contribution in [0.3, 0.4) is 0 Å². The lowest BCUT2D eigenvalue weighted by Gasteiger charge is -2.18. The van der Waals surface area contributed by atoms with Gasteiger partial charge in [0.25, 0.3) is 11.7 Å². The third kappa shape index (κ3) is 3.41. The van der Waals surface area contributed by atoms with Crippen molar-refractivity contribution >= 4 is 33.8 Å². The molecule has 1 amide bonds. The molecular formula is C22H23N3O4S. The lowest BCUT2D eigenvalue weighted by molar-refractivity contribution is -0.112. The van der Waals surface area contributed by atoms with E-state index in [1.54, 1.807) is 37.7 Å². The van der Waals surface area contributed by atoms with Gasteiger partial charge in [-0.25, -0.2) is 0 Å². The van der Waals surface area contributed by atoms with Crippen molar-refractivity contribution in [3.05, 3.63) is 57.1 Å². The third-order valence-corrected chi connectivity index (χ3v) is 6.82. The Kier molecular flexibility index (Phi) is 5.19. The van der Waals surface area contributed by atoms with Gasteiger partial charge < -0.3 is 9.73 Å². The predicted molar refractivity (Wildman–Crippen MR) is 113 cm³/mol. The molecule has 0 aliphatic heterocycles. The van der Waals surface area contributed by atoms with Gasteiger partial charge in [0.1, 0.15) is 5.00 Å². The number of anilines is 1. The van der Waals surface area contributed by atoms with Crippen LogP contribution >= 0.6 is 11.3 Å². The normalized spacial score (nSPS) is 15.7. The van der Waals surface area contributed by atoms with Crippen LogP contribution in [0.25, 0.3) is 0 Å². The molecule has 1 N–H and O–H groups in total. The number of aromatic nitrogens is 2. The number of carbonyl (C=O) groups excluding carboxylic acids is 3. The summed E-state index contributed by atoms with van der Waals surface area (Å²) in [5, 5.41) is 7.34. The van der Waals surface area contributed by atoms with Crippen LogP contribution in [0.5, 0.6) is 0 Å².